The third kappa shape index (κ3) is 11.9. The van der Waals surface area contributed by atoms with Crippen LogP contribution in [-0.2, 0) is 9.59 Å². The summed E-state index contributed by atoms with van der Waals surface area (Å²) in [6.45, 7) is 1.01. The Balaban J connectivity index is -0.000000180. The van der Waals surface area contributed by atoms with Crippen molar-refractivity contribution in [1.82, 2.24) is 10.6 Å². The summed E-state index contributed by atoms with van der Waals surface area (Å²) >= 11 is 0. The van der Waals surface area contributed by atoms with Gasteiger partial charge in [0.25, 0.3) is 0 Å². The van der Waals surface area contributed by atoms with Crippen LogP contribution >= 0.6 is 0 Å². The second kappa shape index (κ2) is 15.5. The highest BCUT2D eigenvalue weighted by atomic mass is 16.4. The standard InChI is InChI=1S/2C6H12N4O2.4CH4/c2*7-4(5(11)12)1-3-2-9-6(8)10-3;;;;/h2*3-4H,1-2,7H2,(H,11,12)(H3,8,9,10);4*1H4/t3?,4-;3-,4+;;;;/m01..../s1. The molecule has 12 N–H and O–H groups in total. The molecule has 1 unspecified atom stereocenters. The first-order valence-electron chi connectivity index (χ1n) is 7.28. The number of nitrogens with zero attached hydrogens (tertiary/aromatic N) is 2. The van der Waals surface area contributed by atoms with Crippen LogP contribution < -0.4 is 33.6 Å². The van der Waals surface area contributed by atoms with Crippen molar-refractivity contribution < 1.29 is 19.8 Å². The van der Waals surface area contributed by atoms with E-state index in [0.29, 0.717) is 37.9 Å². The Morgan fingerprint density at radius 1 is 0.857 bits per heavy atom. The monoisotopic (exact) mass is 408 g/mol. The first-order chi connectivity index (χ1) is 11.2. The van der Waals surface area contributed by atoms with Gasteiger partial charge in [-0.1, -0.05) is 29.7 Å². The normalized spacial score (nSPS) is 20.9. The van der Waals surface area contributed by atoms with E-state index < -0.39 is 24.0 Å². The molecule has 0 fully saturated rings. The summed E-state index contributed by atoms with van der Waals surface area (Å²) < 4.78 is 0. The van der Waals surface area contributed by atoms with Gasteiger partial charge in [-0.05, 0) is 12.8 Å². The highest BCUT2D eigenvalue weighted by Gasteiger charge is 2.22. The van der Waals surface area contributed by atoms with Gasteiger partial charge in [-0.2, -0.15) is 0 Å². The molecule has 4 atom stereocenters. The van der Waals surface area contributed by atoms with E-state index in [9.17, 15) is 9.59 Å². The predicted octanol–water partition coefficient (Wildman–Crippen LogP) is -1.31. The van der Waals surface area contributed by atoms with E-state index in [1.165, 1.54) is 0 Å². The third-order valence-electron chi connectivity index (χ3n) is 3.38. The van der Waals surface area contributed by atoms with Crippen LogP contribution in [0, 0.1) is 0 Å². The Kier molecular flexibility index (Phi) is 18.2. The predicted molar refractivity (Wildman–Crippen MR) is 114 cm³/mol. The zero-order chi connectivity index (χ0) is 18.3. The van der Waals surface area contributed by atoms with E-state index >= 15 is 0 Å². The highest BCUT2D eigenvalue weighted by molar-refractivity contribution is 5.80. The summed E-state index contributed by atoms with van der Waals surface area (Å²) in [5.41, 5.74) is 21.3. The largest absolute Gasteiger partial charge is 0.480 e. The number of aliphatic imine (C=N–C) groups is 2. The first-order valence-corrected chi connectivity index (χ1v) is 7.28. The topological polar surface area (TPSA) is 227 Å². The van der Waals surface area contributed by atoms with Gasteiger partial charge >= 0.3 is 11.9 Å². The molecule has 0 bridgehead atoms. The quantitative estimate of drug-likeness (QED) is 0.259. The smallest absolute Gasteiger partial charge is 0.320 e. The average molecular weight is 409 g/mol. The maximum Gasteiger partial charge on any atom is 0.320 e. The fourth-order valence-electron chi connectivity index (χ4n) is 2.10. The molecular formula is C16H40N8O4. The molecular weight excluding hydrogens is 368 g/mol. The van der Waals surface area contributed by atoms with Crippen molar-refractivity contribution >= 4 is 23.9 Å². The molecule has 0 amide bonds. The molecule has 168 valence electrons. The van der Waals surface area contributed by atoms with E-state index in [0.717, 1.165) is 0 Å². The number of carbonyl (C=O) groups is 2. The number of guanidine groups is 2. The van der Waals surface area contributed by atoms with Crippen LogP contribution in [0.3, 0.4) is 0 Å². The Morgan fingerprint density at radius 2 is 1.14 bits per heavy atom. The summed E-state index contributed by atoms with van der Waals surface area (Å²) in [6.07, 6.45) is 0.694. The number of nitrogens with two attached hydrogens (primary N) is 4. The van der Waals surface area contributed by atoms with Crippen molar-refractivity contribution in [3.8, 4) is 0 Å². The number of nitrogens with one attached hydrogen (secondary N) is 2. The molecule has 0 aromatic rings. The lowest BCUT2D eigenvalue weighted by Gasteiger charge is -2.12. The first kappa shape index (κ1) is 33.0. The maximum atomic E-state index is 10.3. The minimum atomic E-state index is -0.998. The molecule has 0 radical (unpaired) electrons. The Morgan fingerprint density at radius 3 is 1.32 bits per heavy atom. The summed E-state index contributed by atoms with van der Waals surface area (Å²) in [5.74, 6) is -1.28. The lowest BCUT2D eigenvalue weighted by molar-refractivity contribution is -0.139. The zero-order valence-electron chi connectivity index (χ0n) is 13.1. The zero-order valence-corrected chi connectivity index (χ0v) is 13.1. The number of hydrogen-bond acceptors (Lipinski definition) is 10. The van der Waals surface area contributed by atoms with Crippen molar-refractivity contribution in [3.63, 3.8) is 0 Å². The van der Waals surface area contributed by atoms with Gasteiger partial charge in [-0.3, -0.25) is 19.6 Å². The highest BCUT2D eigenvalue weighted by Crippen LogP contribution is 2.02. The number of carboxylic acids is 2. The van der Waals surface area contributed by atoms with Gasteiger partial charge in [0, 0.05) is 0 Å². The minimum absolute atomic E-state index is 0. The molecule has 2 rings (SSSR count). The van der Waals surface area contributed by atoms with Crippen LogP contribution in [0.4, 0.5) is 0 Å². The van der Waals surface area contributed by atoms with Gasteiger partial charge in [0.1, 0.15) is 12.1 Å². The number of aliphatic carboxylic acids is 2. The number of carboxylic acid groups (broad SMARTS) is 2. The van der Waals surface area contributed by atoms with Gasteiger partial charge in [0.15, 0.2) is 11.9 Å². The molecule has 0 saturated carbocycles. The molecule has 2 aliphatic rings. The van der Waals surface area contributed by atoms with Crippen LogP contribution in [0.15, 0.2) is 9.98 Å². The Bertz CT molecular complexity index is 481. The average Bonchev–Trinajstić information content (AvgIpc) is 3.08. The van der Waals surface area contributed by atoms with Crippen LogP contribution in [0.25, 0.3) is 0 Å². The summed E-state index contributed by atoms with van der Waals surface area (Å²) in [7, 11) is 0. The molecule has 28 heavy (non-hydrogen) atoms. The molecule has 0 spiro atoms. The Labute approximate surface area is 167 Å². The van der Waals surface area contributed by atoms with Gasteiger partial charge in [0.05, 0.1) is 25.2 Å². The molecule has 12 heteroatoms. The van der Waals surface area contributed by atoms with Crippen LogP contribution in [0.1, 0.15) is 42.5 Å². The van der Waals surface area contributed by atoms with E-state index in [-0.39, 0.29) is 41.8 Å². The minimum Gasteiger partial charge on any atom is -0.480 e. The second-order valence-corrected chi connectivity index (χ2v) is 5.50. The van der Waals surface area contributed by atoms with E-state index in [2.05, 4.69) is 20.6 Å². The lowest BCUT2D eigenvalue weighted by Crippen LogP contribution is -2.41. The fraction of sp³-hybridized carbons (Fsp3) is 0.750. The van der Waals surface area contributed by atoms with Gasteiger partial charge in [-0.15, -0.1) is 0 Å². The molecule has 0 aliphatic carbocycles. The summed E-state index contributed by atoms with van der Waals surface area (Å²) in [6, 6.07) is -1.75. The van der Waals surface area contributed by atoms with Gasteiger partial charge < -0.3 is 43.8 Å². The molecule has 0 aromatic carbocycles. The Hall–Kier alpha value is -2.60. The van der Waals surface area contributed by atoms with Crippen molar-refractivity contribution in [2.75, 3.05) is 13.1 Å². The molecule has 2 aliphatic heterocycles. The summed E-state index contributed by atoms with van der Waals surface area (Å²) in [5, 5.41) is 22.6. The molecule has 0 saturated heterocycles. The van der Waals surface area contributed by atoms with Crippen LogP contribution in [0.5, 0.6) is 0 Å². The van der Waals surface area contributed by atoms with Crippen LogP contribution in [-0.4, -0.2) is 71.3 Å². The van der Waals surface area contributed by atoms with Crippen molar-refractivity contribution in [1.29, 1.82) is 0 Å². The third-order valence-corrected chi connectivity index (χ3v) is 3.38. The van der Waals surface area contributed by atoms with Crippen molar-refractivity contribution in [2.45, 2.75) is 66.7 Å². The SMILES string of the molecule is C.C.C.C.NC1=NCC(C[C@H](N)C(=O)O)N1.NC1=NC[C@@H](C[C@H](N)C(=O)O)N1. The van der Waals surface area contributed by atoms with Gasteiger partial charge in [0.2, 0.25) is 0 Å². The van der Waals surface area contributed by atoms with E-state index in [4.69, 9.17) is 33.1 Å². The van der Waals surface area contributed by atoms with Crippen molar-refractivity contribution in [2.24, 2.45) is 32.9 Å². The van der Waals surface area contributed by atoms with Crippen LogP contribution in [0.2, 0.25) is 0 Å². The molecule has 2 heterocycles. The second-order valence-electron chi connectivity index (χ2n) is 5.50. The van der Waals surface area contributed by atoms with Gasteiger partial charge in [-0.25, -0.2) is 0 Å². The van der Waals surface area contributed by atoms with E-state index in [1.54, 1.807) is 0 Å². The number of hydrogen-bond donors (Lipinski definition) is 8. The fourth-order valence-corrected chi connectivity index (χ4v) is 2.10. The molecule has 12 nitrogen and oxygen atoms in total. The van der Waals surface area contributed by atoms with E-state index in [1.807, 2.05) is 0 Å². The maximum absolute atomic E-state index is 10.3. The lowest BCUT2D eigenvalue weighted by atomic mass is 10.1. The summed E-state index contributed by atoms with van der Waals surface area (Å²) in [4.78, 5) is 28.4. The number of rotatable bonds is 6. The molecule has 0 aromatic heterocycles. The van der Waals surface area contributed by atoms with Crippen molar-refractivity contribution in [3.05, 3.63) is 0 Å².